The number of aliphatic hydroxyl groups is 1. The van der Waals surface area contributed by atoms with Crippen LogP contribution in [0.4, 0.5) is 11.6 Å². The van der Waals surface area contributed by atoms with E-state index in [1.807, 2.05) is 6.92 Å². The highest BCUT2D eigenvalue weighted by Gasteiger charge is 2.28. The summed E-state index contributed by atoms with van der Waals surface area (Å²) in [7, 11) is 0. The van der Waals surface area contributed by atoms with Gasteiger partial charge in [0, 0.05) is 24.6 Å². The highest BCUT2D eigenvalue weighted by atomic mass is 16.3. The second-order valence-corrected chi connectivity index (χ2v) is 5.21. The van der Waals surface area contributed by atoms with E-state index in [0.717, 1.165) is 55.3 Å². The van der Waals surface area contributed by atoms with Gasteiger partial charge in [0.1, 0.15) is 17.5 Å². The first kappa shape index (κ1) is 14.1. The minimum absolute atomic E-state index is 0.150. The van der Waals surface area contributed by atoms with E-state index < -0.39 is 0 Å². The fourth-order valence-electron chi connectivity index (χ4n) is 2.18. The van der Waals surface area contributed by atoms with Gasteiger partial charge >= 0.3 is 0 Å². The maximum Gasteiger partial charge on any atom is 0.134 e. The molecular weight excluding hydrogens is 240 g/mol. The molecule has 0 atom stereocenters. The maximum absolute atomic E-state index is 9.35. The summed E-state index contributed by atoms with van der Waals surface area (Å²) in [5, 5.41) is 16.1. The second kappa shape index (κ2) is 6.19. The van der Waals surface area contributed by atoms with Gasteiger partial charge in [-0.1, -0.05) is 13.8 Å². The molecule has 0 unspecified atom stereocenters. The van der Waals surface area contributed by atoms with Crippen LogP contribution in [0.1, 0.15) is 44.5 Å². The monoisotopic (exact) mass is 264 g/mol. The van der Waals surface area contributed by atoms with Gasteiger partial charge in [0.25, 0.3) is 0 Å². The summed E-state index contributed by atoms with van der Waals surface area (Å²) >= 11 is 0. The highest BCUT2D eigenvalue weighted by molar-refractivity contribution is 5.57. The van der Waals surface area contributed by atoms with Gasteiger partial charge in [-0.25, -0.2) is 9.97 Å². The number of nitrogens with zero attached hydrogens (tertiary/aromatic N) is 2. The summed E-state index contributed by atoms with van der Waals surface area (Å²) in [5.41, 5.74) is 1.06. The number of hydrogen-bond donors (Lipinski definition) is 3. The molecule has 0 aromatic carbocycles. The Morgan fingerprint density at radius 1 is 1.21 bits per heavy atom. The molecule has 0 spiro atoms. The van der Waals surface area contributed by atoms with E-state index >= 15 is 0 Å². The zero-order chi connectivity index (χ0) is 13.8. The van der Waals surface area contributed by atoms with Crippen molar-refractivity contribution in [2.24, 2.45) is 0 Å². The predicted octanol–water partition coefficient (Wildman–Crippen LogP) is 2.10. The van der Waals surface area contributed by atoms with Crippen LogP contribution < -0.4 is 10.6 Å². The van der Waals surface area contributed by atoms with E-state index in [4.69, 9.17) is 0 Å². The van der Waals surface area contributed by atoms with Crippen molar-refractivity contribution in [3.63, 3.8) is 0 Å². The lowest BCUT2D eigenvalue weighted by atomic mass is 9.89. The van der Waals surface area contributed by atoms with Crippen molar-refractivity contribution >= 4 is 11.6 Å². The summed E-state index contributed by atoms with van der Waals surface area (Å²) in [6.07, 6.45) is 3.36. The Labute approximate surface area is 114 Å². The number of aromatic nitrogens is 2. The van der Waals surface area contributed by atoms with Gasteiger partial charge in [0.05, 0.1) is 6.10 Å². The van der Waals surface area contributed by atoms with Crippen molar-refractivity contribution in [3.05, 3.63) is 11.4 Å². The molecule has 1 aliphatic carbocycles. The molecule has 0 radical (unpaired) electrons. The van der Waals surface area contributed by atoms with Crippen molar-refractivity contribution in [3.8, 4) is 0 Å². The SMILES string of the molecule is CCCNc1nc(CC)nc(NC2CC(O)C2)c1C. The van der Waals surface area contributed by atoms with Crippen LogP contribution in [0.5, 0.6) is 0 Å². The molecule has 0 saturated heterocycles. The molecule has 1 aromatic heterocycles. The lowest BCUT2D eigenvalue weighted by Gasteiger charge is -2.33. The van der Waals surface area contributed by atoms with Crippen LogP contribution in [-0.4, -0.2) is 33.8 Å². The molecule has 0 aliphatic heterocycles. The molecule has 0 bridgehead atoms. The van der Waals surface area contributed by atoms with Crippen molar-refractivity contribution in [2.45, 2.75) is 58.6 Å². The topological polar surface area (TPSA) is 70.1 Å². The van der Waals surface area contributed by atoms with Crippen LogP contribution in [0.15, 0.2) is 0 Å². The third-order valence-corrected chi connectivity index (χ3v) is 3.50. The molecule has 1 saturated carbocycles. The minimum Gasteiger partial charge on any atom is -0.393 e. The molecule has 5 heteroatoms. The number of nitrogens with one attached hydrogen (secondary N) is 2. The normalized spacial score (nSPS) is 21.9. The Morgan fingerprint density at radius 3 is 2.47 bits per heavy atom. The van der Waals surface area contributed by atoms with Crippen LogP contribution in [0, 0.1) is 6.92 Å². The van der Waals surface area contributed by atoms with Crippen LogP contribution in [0.3, 0.4) is 0 Å². The highest BCUT2D eigenvalue weighted by Crippen LogP contribution is 2.27. The van der Waals surface area contributed by atoms with E-state index in [1.165, 1.54) is 0 Å². The Morgan fingerprint density at radius 2 is 1.89 bits per heavy atom. The molecule has 19 heavy (non-hydrogen) atoms. The van der Waals surface area contributed by atoms with Gasteiger partial charge < -0.3 is 15.7 Å². The second-order valence-electron chi connectivity index (χ2n) is 5.21. The molecular formula is C14H24N4O. The zero-order valence-electron chi connectivity index (χ0n) is 12.0. The first-order chi connectivity index (χ1) is 9.13. The number of rotatable bonds is 6. The van der Waals surface area contributed by atoms with Crippen LogP contribution in [-0.2, 0) is 6.42 Å². The van der Waals surface area contributed by atoms with Crippen LogP contribution in [0.25, 0.3) is 0 Å². The third kappa shape index (κ3) is 3.35. The van der Waals surface area contributed by atoms with Gasteiger partial charge in [-0.05, 0) is 26.2 Å². The molecule has 1 heterocycles. The smallest absolute Gasteiger partial charge is 0.134 e. The first-order valence-corrected chi connectivity index (χ1v) is 7.20. The van der Waals surface area contributed by atoms with Gasteiger partial charge in [0.2, 0.25) is 0 Å². The molecule has 5 nitrogen and oxygen atoms in total. The Hall–Kier alpha value is -1.36. The van der Waals surface area contributed by atoms with Gasteiger partial charge in [-0.3, -0.25) is 0 Å². The third-order valence-electron chi connectivity index (χ3n) is 3.50. The molecule has 3 N–H and O–H groups in total. The van der Waals surface area contributed by atoms with Gasteiger partial charge in [0.15, 0.2) is 0 Å². The Balaban J connectivity index is 2.15. The number of anilines is 2. The summed E-state index contributed by atoms with van der Waals surface area (Å²) < 4.78 is 0. The summed E-state index contributed by atoms with van der Waals surface area (Å²) in [5.74, 6) is 2.69. The maximum atomic E-state index is 9.35. The fraction of sp³-hybridized carbons (Fsp3) is 0.714. The van der Waals surface area contributed by atoms with E-state index in [9.17, 15) is 5.11 Å². The van der Waals surface area contributed by atoms with E-state index in [2.05, 4.69) is 34.4 Å². The van der Waals surface area contributed by atoms with Crippen molar-refractivity contribution in [1.29, 1.82) is 0 Å². The quantitative estimate of drug-likeness (QED) is 0.734. The average Bonchev–Trinajstić information content (AvgIpc) is 2.37. The average molecular weight is 264 g/mol. The fourth-order valence-corrected chi connectivity index (χ4v) is 2.18. The number of hydrogen-bond acceptors (Lipinski definition) is 5. The van der Waals surface area contributed by atoms with Gasteiger partial charge in [-0.2, -0.15) is 0 Å². The molecule has 106 valence electrons. The van der Waals surface area contributed by atoms with Crippen molar-refractivity contribution in [2.75, 3.05) is 17.2 Å². The Kier molecular flexibility index (Phi) is 4.58. The van der Waals surface area contributed by atoms with E-state index in [-0.39, 0.29) is 6.10 Å². The largest absolute Gasteiger partial charge is 0.393 e. The molecule has 1 fully saturated rings. The lowest BCUT2D eigenvalue weighted by molar-refractivity contribution is 0.0835. The Bertz CT molecular complexity index is 430. The summed E-state index contributed by atoms with van der Waals surface area (Å²) in [6.45, 7) is 7.15. The number of aliphatic hydroxyl groups excluding tert-OH is 1. The van der Waals surface area contributed by atoms with Gasteiger partial charge in [-0.15, -0.1) is 0 Å². The molecule has 1 aliphatic rings. The van der Waals surface area contributed by atoms with Crippen LogP contribution >= 0.6 is 0 Å². The van der Waals surface area contributed by atoms with E-state index in [0.29, 0.717) is 6.04 Å². The predicted molar refractivity (Wildman–Crippen MR) is 77.6 cm³/mol. The molecule has 2 rings (SSSR count). The molecule has 0 amide bonds. The minimum atomic E-state index is -0.150. The lowest BCUT2D eigenvalue weighted by Crippen LogP contribution is -2.39. The molecule has 1 aromatic rings. The van der Waals surface area contributed by atoms with Crippen molar-refractivity contribution < 1.29 is 5.11 Å². The summed E-state index contributed by atoms with van der Waals surface area (Å²) in [4.78, 5) is 9.11. The van der Waals surface area contributed by atoms with Crippen LogP contribution in [0.2, 0.25) is 0 Å². The number of aryl methyl sites for hydroxylation is 1. The summed E-state index contributed by atoms with van der Waals surface area (Å²) in [6, 6.07) is 0.340. The first-order valence-electron chi connectivity index (χ1n) is 7.20. The zero-order valence-corrected chi connectivity index (χ0v) is 12.0. The van der Waals surface area contributed by atoms with Crippen molar-refractivity contribution in [1.82, 2.24) is 9.97 Å². The van der Waals surface area contributed by atoms with E-state index in [1.54, 1.807) is 0 Å². The standard InChI is InChI=1S/C14H24N4O/c1-4-6-15-13-9(3)14(18-12(5-2)17-13)16-10-7-11(19)8-10/h10-11,19H,4-8H2,1-3H3,(H2,15,16,17,18).